The summed E-state index contributed by atoms with van der Waals surface area (Å²) in [7, 11) is 1.20. The molecule has 0 aliphatic rings. The highest BCUT2D eigenvalue weighted by atomic mass is 35.5. The number of hydrogen-bond acceptors (Lipinski definition) is 6. The molecule has 0 unspecified atom stereocenters. The third kappa shape index (κ3) is 4.15. The van der Waals surface area contributed by atoms with Crippen molar-refractivity contribution in [3.8, 4) is 11.5 Å². The van der Waals surface area contributed by atoms with Crippen LogP contribution in [0.25, 0.3) is 0 Å². The molecule has 2 rings (SSSR count). The summed E-state index contributed by atoms with van der Waals surface area (Å²) in [4.78, 5) is 35.6. The number of methoxy groups -OCH3 is 1. The molecular weight excluding hydrogens is 399 g/mol. The molecule has 2 aromatic carbocycles. The molecule has 2 aromatic rings. The van der Waals surface area contributed by atoms with Crippen LogP contribution in [0, 0.1) is 0 Å². The van der Waals surface area contributed by atoms with Crippen LogP contribution in [0.3, 0.4) is 0 Å². The van der Waals surface area contributed by atoms with Gasteiger partial charge in [0.1, 0.15) is 16.5 Å². The minimum atomic E-state index is -1.38. The second-order valence-corrected chi connectivity index (χ2v) is 6.25. The summed E-state index contributed by atoms with van der Waals surface area (Å²) in [6.07, 6.45) is -0.127. The van der Waals surface area contributed by atoms with Crippen molar-refractivity contribution >= 4 is 40.9 Å². The molecule has 0 amide bonds. The molecule has 7 nitrogen and oxygen atoms in total. The largest absolute Gasteiger partial charge is 0.506 e. The van der Waals surface area contributed by atoms with E-state index in [1.54, 1.807) is 0 Å². The maximum Gasteiger partial charge on any atom is 0.336 e. The average molecular weight is 413 g/mol. The summed E-state index contributed by atoms with van der Waals surface area (Å²) < 4.78 is 4.52. The average Bonchev–Trinajstić information content (AvgIpc) is 2.64. The summed E-state index contributed by atoms with van der Waals surface area (Å²) >= 11 is 11.9. The molecule has 0 spiro atoms. The minimum absolute atomic E-state index is 0.0207. The lowest BCUT2D eigenvalue weighted by molar-refractivity contribution is -0.140. The zero-order valence-electron chi connectivity index (χ0n) is 14.0. The van der Waals surface area contributed by atoms with Crippen molar-refractivity contribution in [1.29, 1.82) is 0 Å². The molecule has 27 heavy (non-hydrogen) atoms. The molecule has 0 bridgehead atoms. The Labute approximate surface area is 163 Å². The predicted octanol–water partition coefficient (Wildman–Crippen LogP) is 3.44. The second kappa shape index (κ2) is 8.28. The molecule has 0 aliphatic carbocycles. The highest BCUT2D eigenvalue weighted by Gasteiger charge is 2.26. The Bertz CT molecular complexity index is 938. The molecule has 0 saturated heterocycles. The van der Waals surface area contributed by atoms with Crippen molar-refractivity contribution < 1.29 is 34.4 Å². The molecule has 0 saturated carbocycles. The Kier molecular flexibility index (Phi) is 6.30. The molecule has 9 heteroatoms. The van der Waals surface area contributed by atoms with Gasteiger partial charge >= 0.3 is 11.9 Å². The first-order chi connectivity index (χ1) is 12.7. The maximum absolute atomic E-state index is 12.9. The fourth-order valence-corrected chi connectivity index (χ4v) is 2.94. The number of aromatic hydroxyl groups is 2. The Morgan fingerprint density at radius 2 is 1.74 bits per heavy atom. The van der Waals surface area contributed by atoms with Crippen LogP contribution < -0.4 is 0 Å². The summed E-state index contributed by atoms with van der Waals surface area (Å²) in [5.74, 6) is -4.04. The number of aromatic carboxylic acids is 1. The number of carbonyl (C=O) groups is 3. The van der Waals surface area contributed by atoms with E-state index in [9.17, 15) is 29.7 Å². The van der Waals surface area contributed by atoms with Gasteiger partial charge in [0.15, 0.2) is 5.78 Å². The van der Waals surface area contributed by atoms with E-state index in [1.165, 1.54) is 25.3 Å². The van der Waals surface area contributed by atoms with Crippen LogP contribution in [0.2, 0.25) is 10.0 Å². The number of phenolic OH excluding ortho intramolecular Hbond substituents is 2. The van der Waals surface area contributed by atoms with Gasteiger partial charge in [-0.15, -0.1) is 0 Å². The number of carboxylic acid groups (broad SMARTS) is 1. The van der Waals surface area contributed by atoms with Crippen molar-refractivity contribution in [3.63, 3.8) is 0 Å². The minimum Gasteiger partial charge on any atom is -0.506 e. The maximum atomic E-state index is 12.9. The van der Waals surface area contributed by atoms with Crippen molar-refractivity contribution in [2.45, 2.75) is 12.8 Å². The van der Waals surface area contributed by atoms with Crippen molar-refractivity contribution in [1.82, 2.24) is 0 Å². The Morgan fingerprint density at radius 3 is 2.33 bits per heavy atom. The Morgan fingerprint density at radius 1 is 1.07 bits per heavy atom. The van der Waals surface area contributed by atoms with Crippen molar-refractivity contribution in [2.75, 3.05) is 7.11 Å². The fraction of sp³-hybridized carbons (Fsp3) is 0.167. The van der Waals surface area contributed by atoms with Crippen molar-refractivity contribution in [2.24, 2.45) is 0 Å². The number of benzene rings is 2. The highest BCUT2D eigenvalue weighted by Crippen LogP contribution is 2.40. The number of halogens is 2. The van der Waals surface area contributed by atoms with E-state index in [0.29, 0.717) is 0 Å². The smallest absolute Gasteiger partial charge is 0.336 e. The highest BCUT2D eigenvalue weighted by molar-refractivity contribution is 6.37. The molecule has 0 aromatic heterocycles. The van der Waals surface area contributed by atoms with Crippen LogP contribution in [0.1, 0.15) is 38.3 Å². The molecule has 0 fully saturated rings. The van der Waals surface area contributed by atoms with Crippen LogP contribution in [0.5, 0.6) is 11.5 Å². The van der Waals surface area contributed by atoms with E-state index in [-0.39, 0.29) is 40.1 Å². The molecular formula is C18H14Cl2O7. The number of hydrogen-bond donors (Lipinski definition) is 3. The number of aryl methyl sites for hydroxylation is 1. The first kappa shape index (κ1) is 20.5. The van der Waals surface area contributed by atoms with E-state index >= 15 is 0 Å². The van der Waals surface area contributed by atoms with E-state index in [4.69, 9.17) is 23.2 Å². The lowest BCUT2D eigenvalue weighted by atomic mass is 9.95. The first-order valence-electron chi connectivity index (χ1n) is 7.55. The quantitative estimate of drug-likeness (QED) is 0.490. The SMILES string of the molecule is COC(=O)CCc1cc(C(=O)c2c(Cl)cccc2C(=O)O)c(O)c(Cl)c1O. The number of rotatable bonds is 6. The molecule has 0 aliphatic heterocycles. The monoisotopic (exact) mass is 412 g/mol. The summed E-state index contributed by atoms with van der Waals surface area (Å²) in [5, 5.41) is 28.9. The standard InChI is InChI=1S/C18H14Cl2O7/c1-27-12(21)6-5-8-7-10(17(24)14(20)15(8)22)16(23)13-9(18(25)26)3-2-4-11(13)19/h2-4,7,22,24H,5-6H2,1H3,(H,25,26). The second-order valence-electron chi connectivity index (χ2n) is 5.47. The van der Waals surface area contributed by atoms with Gasteiger partial charge in [-0.05, 0) is 30.2 Å². The summed E-state index contributed by atoms with van der Waals surface area (Å²) in [6.45, 7) is 0. The van der Waals surface area contributed by atoms with Crippen LogP contribution in [-0.4, -0.2) is 40.2 Å². The van der Waals surface area contributed by atoms with Gasteiger partial charge < -0.3 is 20.1 Å². The zero-order valence-corrected chi connectivity index (χ0v) is 15.5. The van der Waals surface area contributed by atoms with E-state index in [1.807, 2.05) is 0 Å². The van der Waals surface area contributed by atoms with E-state index in [2.05, 4.69) is 4.74 Å². The lowest BCUT2D eigenvalue weighted by Crippen LogP contribution is -2.11. The predicted molar refractivity (Wildman–Crippen MR) is 97.0 cm³/mol. The van der Waals surface area contributed by atoms with Crippen LogP contribution in [0.15, 0.2) is 24.3 Å². The van der Waals surface area contributed by atoms with Gasteiger partial charge in [-0.2, -0.15) is 0 Å². The Hall–Kier alpha value is -2.77. The molecule has 3 N–H and O–H groups in total. The topological polar surface area (TPSA) is 121 Å². The molecule has 142 valence electrons. The van der Waals surface area contributed by atoms with Gasteiger partial charge in [-0.3, -0.25) is 9.59 Å². The van der Waals surface area contributed by atoms with Gasteiger partial charge in [-0.1, -0.05) is 29.3 Å². The van der Waals surface area contributed by atoms with Crippen LogP contribution in [0.4, 0.5) is 0 Å². The zero-order chi connectivity index (χ0) is 20.3. The molecule has 0 atom stereocenters. The lowest BCUT2D eigenvalue weighted by Gasteiger charge is -2.13. The number of ketones is 1. The van der Waals surface area contributed by atoms with Gasteiger partial charge in [0.05, 0.1) is 28.8 Å². The number of carbonyl (C=O) groups excluding carboxylic acids is 2. The third-order valence-corrected chi connectivity index (χ3v) is 4.51. The number of phenols is 2. The third-order valence-electron chi connectivity index (χ3n) is 3.84. The van der Waals surface area contributed by atoms with E-state index < -0.39 is 34.2 Å². The Balaban J connectivity index is 2.59. The van der Waals surface area contributed by atoms with Crippen LogP contribution in [-0.2, 0) is 16.0 Å². The summed E-state index contributed by atoms with van der Waals surface area (Å²) in [6, 6.07) is 5.03. The van der Waals surface area contributed by atoms with Crippen molar-refractivity contribution in [3.05, 3.63) is 56.6 Å². The van der Waals surface area contributed by atoms with Crippen LogP contribution >= 0.6 is 23.2 Å². The molecule has 0 radical (unpaired) electrons. The molecule has 0 heterocycles. The number of carboxylic acids is 1. The van der Waals surface area contributed by atoms with E-state index in [0.717, 1.165) is 6.07 Å². The number of ether oxygens (including phenoxy) is 1. The van der Waals surface area contributed by atoms with Gasteiger partial charge in [0.2, 0.25) is 0 Å². The van der Waals surface area contributed by atoms with Gasteiger partial charge in [0.25, 0.3) is 0 Å². The fourth-order valence-electron chi connectivity index (χ4n) is 2.45. The first-order valence-corrected chi connectivity index (χ1v) is 8.31. The summed E-state index contributed by atoms with van der Waals surface area (Å²) in [5.41, 5.74) is -0.932. The van der Waals surface area contributed by atoms with Gasteiger partial charge in [0, 0.05) is 6.42 Å². The van der Waals surface area contributed by atoms with Gasteiger partial charge in [-0.25, -0.2) is 4.79 Å². The number of esters is 1. The normalized spacial score (nSPS) is 10.5.